The minimum Gasteiger partial charge on any atom is -0.439 e. The number of aryl methyl sites for hydroxylation is 1. The summed E-state index contributed by atoms with van der Waals surface area (Å²) in [7, 11) is 0. The topological polar surface area (TPSA) is 35.0 Å². The zero-order chi connectivity index (χ0) is 14.0. The second-order valence-corrected chi connectivity index (χ2v) is 4.57. The van der Waals surface area contributed by atoms with Crippen LogP contribution in [0.1, 0.15) is 31.3 Å². The fourth-order valence-corrected chi connectivity index (χ4v) is 1.58. The average Bonchev–Trinajstić information content (AvgIpc) is 2.26. The van der Waals surface area contributed by atoms with Crippen LogP contribution in [0.3, 0.4) is 0 Å². The van der Waals surface area contributed by atoms with Crippen molar-refractivity contribution in [1.82, 2.24) is 9.97 Å². The average molecular weight is 264 g/mol. The lowest BCUT2D eigenvalue weighted by atomic mass is 10.2. The summed E-state index contributed by atoms with van der Waals surface area (Å²) in [6, 6.07) is 4.62. The molecule has 0 atom stereocenters. The molecule has 0 unspecified atom stereocenters. The predicted octanol–water partition coefficient (Wildman–Crippen LogP) is 3.98. The van der Waals surface area contributed by atoms with Crippen LogP contribution >= 0.6 is 0 Å². The molecule has 0 amide bonds. The maximum Gasteiger partial charge on any atom is 0.222 e. The lowest BCUT2D eigenvalue weighted by Gasteiger charge is -2.09. The number of halogens is 2. The maximum atomic E-state index is 13.1. The summed E-state index contributed by atoms with van der Waals surface area (Å²) in [5.74, 6) is -0.250. The highest BCUT2D eigenvalue weighted by Gasteiger charge is 2.09. The molecule has 0 aliphatic rings. The monoisotopic (exact) mass is 264 g/mol. The fourth-order valence-electron chi connectivity index (χ4n) is 1.58. The Morgan fingerprint density at radius 2 is 1.63 bits per heavy atom. The molecule has 5 heteroatoms. The van der Waals surface area contributed by atoms with Gasteiger partial charge in [-0.15, -0.1) is 0 Å². The smallest absolute Gasteiger partial charge is 0.222 e. The van der Waals surface area contributed by atoms with E-state index in [1.165, 1.54) is 0 Å². The molecule has 0 N–H and O–H groups in total. The van der Waals surface area contributed by atoms with Gasteiger partial charge in [0.15, 0.2) is 0 Å². The van der Waals surface area contributed by atoms with E-state index in [0.29, 0.717) is 5.82 Å². The Morgan fingerprint density at radius 1 is 1.00 bits per heavy atom. The number of rotatable bonds is 3. The molecule has 0 aliphatic heterocycles. The zero-order valence-corrected chi connectivity index (χ0v) is 10.9. The van der Waals surface area contributed by atoms with E-state index < -0.39 is 11.6 Å². The van der Waals surface area contributed by atoms with E-state index in [1.807, 2.05) is 20.8 Å². The van der Waals surface area contributed by atoms with Gasteiger partial charge in [0.25, 0.3) is 0 Å². The number of hydrogen-bond donors (Lipinski definition) is 0. The lowest BCUT2D eigenvalue weighted by molar-refractivity contribution is 0.445. The van der Waals surface area contributed by atoms with E-state index in [0.717, 1.165) is 23.9 Å². The maximum absolute atomic E-state index is 13.1. The first-order valence-corrected chi connectivity index (χ1v) is 5.93. The van der Waals surface area contributed by atoms with Gasteiger partial charge in [0.05, 0.1) is 0 Å². The van der Waals surface area contributed by atoms with Crippen molar-refractivity contribution in [3.8, 4) is 11.6 Å². The fraction of sp³-hybridized carbons (Fsp3) is 0.286. The van der Waals surface area contributed by atoms with Crippen molar-refractivity contribution in [2.24, 2.45) is 0 Å². The molecule has 1 heterocycles. The van der Waals surface area contributed by atoms with E-state index in [9.17, 15) is 8.78 Å². The van der Waals surface area contributed by atoms with E-state index in [1.54, 1.807) is 6.07 Å². The molecule has 100 valence electrons. The Morgan fingerprint density at radius 3 is 2.21 bits per heavy atom. The Labute approximate surface area is 110 Å². The van der Waals surface area contributed by atoms with Crippen molar-refractivity contribution in [2.75, 3.05) is 0 Å². The third-order valence-corrected chi connectivity index (χ3v) is 2.42. The molecule has 0 saturated heterocycles. The molecule has 2 rings (SSSR count). The molecule has 1 aromatic carbocycles. The van der Waals surface area contributed by atoms with Crippen molar-refractivity contribution >= 4 is 0 Å². The van der Waals surface area contributed by atoms with E-state index in [2.05, 4.69) is 9.97 Å². The summed E-state index contributed by atoms with van der Waals surface area (Å²) in [6.45, 7) is 5.73. The van der Waals surface area contributed by atoms with Gasteiger partial charge >= 0.3 is 0 Å². The van der Waals surface area contributed by atoms with Crippen LogP contribution in [0.4, 0.5) is 8.78 Å². The molecule has 3 nitrogen and oxygen atoms in total. The van der Waals surface area contributed by atoms with Crippen LogP contribution in [0.15, 0.2) is 24.3 Å². The van der Waals surface area contributed by atoms with Crippen LogP contribution < -0.4 is 4.74 Å². The molecule has 0 radical (unpaired) electrons. The molecule has 0 fully saturated rings. The Bertz CT molecular complexity index is 580. The van der Waals surface area contributed by atoms with Gasteiger partial charge in [0.1, 0.15) is 23.2 Å². The van der Waals surface area contributed by atoms with E-state index in [-0.39, 0.29) is 17.5 Å². The third-order valence-electron chi connectivity index (χ3n) is 2.42. The molecule has 1 aromatic heterocycles. The molecular formula is C14H14F2N2O. The predicted molar refractivity (Wildman–Crippen MR) is 67.3 cm³/mol. The van der Waals surface area contributed by atoms with Crippen LogP contribution in [-0.2, 0) is 0 Å². The van der Waals surface area contributed by atoms with Crippen LogP contribution in [0, 0.1) is 18.6 Å². The Kier molecular flexibility index (Phi) is 3.74. The Hall–Kier alpha value is -2.04. The van der Waals surface area contributed by atoms with Gasteiger partial charge in [-0.1, -0.05) is 13.8 Å². The first-order chi connectivity index (χ1) is 8.94. The summed E-state index contributed by atoms with van der Waals surface area (Å²) in [6.07, 6.45) is 0. The number of nitrogens with zero attached hydrogens (tertiary/aromatic N) is 2. The van der Waals surface area contributed by atoms with Gasteiger partial charge in [0, 0.05) is 35.9 Å². The molecular weight excluding hydrogens is 250 g/mol. The van der Waals surface area contributed by atoms with Crippen molar-refractivity contribution in [3.63, 3.8) is 0 Å². The van der Waals surface area contributed by atoms with Crippen LogP contribution in [0.25, 0.3) is 0 Å². The highest BCUT2D eigenvalue weighted by atomic mass is 19.1. The summed E-state index contributed by atoms with van der Waals surface area (Å²) in [5.41, 5.74) is 0.741. The first kappa shape index (κ1) is 13.4. The molecule has 2 aromatic rings. The second-order valence-electron chi connectivity index (χ2n) is 4.57. The number of aromatic nitrogens is 2. The largest absolute Gasteiger partial charge is 0.439 e. The normalized spacial score (nSPS) is 10.8. The van der Waals surface area contributed by atoms with E-state index >= 15 is 0 Å². The minimum absolute atomic E-state index is 0.0744. The van der Waals surface area contributed by atoms with Crippen LogP contribution in [-0.4, -0.2) is 9.97 Å². The number of ether oxygens (including phenoxy) is 1. The highest BCUT2D eigenvalue weighted by molar-refractivity contribution is 5.29. The van der Waals surface area contributed by atoms with Crippen LogP contribution in [0.5, 0.6) is 11.6 Å². The summed E-state index contributed by atoms with van der Waals surface area (Å²) < 4.78 is 31.5. The van der Waals surface area contributed by atoms with E-state index in [4.69, 9.17) is 4.74 Å². The van der Waals surface area contributed by atoms with Crippen molar-refractivity contribution in [1.29, 1.82) is 0 Å². The standard InChI is InChI=1S/C14H14F2N2O/c1-8(2)14-17-9(3)4-13(18-14)19-12-6-10(15)5-11(16)7-12/h4-8H,1-3H3. The molecule has 0 aliphatic carbocycles. The van der Waals surface area contributed by atoms with Crippen molar-refractivity contribution < 1.29 is 13.5 Å². The van der Waals surface area contributed by atoms with Gasteiger partial charge in [-0.25, -0.2) is 13.8 Å². The quantitative estimate of drug-likeness (QED) is 0.841. The summed E-state index contributed by atoms with van der Waals surface area (Å²) in [4.78, 5) is 8.48. The van der Waals surface area contributed by atoms with Gasteiger partial charge in [-0.3, -0.25) is 0 Å². The van der Waals surface area contributed by atoms with Crippen molar-refractivity contribution in [3.05, 3.63) is 47.4 Å². The first-order valence-electron chi connectivity index (χ1n) is 5.93. The van der Waals surface area contributed by atoms with Crippen LogP contribution in [0.2, 0.25) is 0 Å². The second kappa shape index (κ2) is 5.30. The summed E-state index contributed by atoms with van der Waals surface area (Å²) >= 11 is 0. The zero-order valence-electron chi connectivity index (χ0n) is 10.9. The van der Waals surface area contributed by atoms with Crippen molar-refractivity contribution in [2.45, 2.75) is 26.7 Å². The SMILES string of the molecule is Cc1cc(Oc2cc(F)cc(F)c2)nc(C(C)C)n1. The third kappa shape index (κ3) is 3.47. The lowest BCUT2D eigenvalue weighted by Crippen LogP contribution is -2.01. The molecule has 0 saturated carbocycles. The molecule has 0 bridgehead atoms. The minimum atomic E-state index is -0.690. The highest BCUT2D eigenvalue weighted by Crippen LogP contribution is 2.23. The number of benzene rings is 1. The van der Waals surface area contributed by atoms with Gasteiger partial charge in [-0.05, 0) is 6.92 Å². The Balaban J connectivity index is 2.32. The summed E-state index contributed by atoms with van der Waals surface area (Å²) in [5, 5.41) is 0. The van der Waals surface area contributed by atoms with Gasteiger partial charge < -0.3 is 4.74 Å². The molecule has 0 spiro atoms. The van der Waals surface area contributed by atoms with Gasteiger partial charge in [-0.2, -0.15) is 4.98 Å². The number of hydrogen-bond acceptors (Lipinski definition) is 3. The van der Waals surface area contributed by atoms with Gasteiger partial charge in [0.2, 0.25) is 5.88 Å². The molecule has 19 heavy (non-hydrogen) atoms.